The molecule has 1 aliphatic rings. The molecule has 0 unspecified atom stereocenters. The molecule has 1 aromatic rings. The number of sulfonamides is 1. The number of hydrogen-bond donors (Lipinski definition) is 1. The molecule has 6 heteroatoms. The number of rotatable bonds is 3. The molecule has 0 amide bonds. The van der Waals surface area contributed by atoms with Crippen LogP contribution in [0, 0.1) is 5.41 Å². The van der Waals surface area contributed by atoms with Crippen molar-refractivity contribution in [3.05, 3.63) is 16.3 Å². The predicted molar refractivity (Wildman–Crippen MR) is 67.4 cm³/mol. The fourth-order valence-corrected chi connectivity index (χ4v) is 4.75. The van der Waals surface area contributed by atoms with Gasteiger partial charge in [-0.2, -0.15) is 4.31 Å². The third-order valence-corrected chi connectivity index (χ3v) is 5.96. The van der Waals surface area contributed by atoms with Crippen molar-refractivity contribution in [3.8, 4) is 0 Å². The van der Waals surface area contributed by atoms with Crippen molar-refractivity contribution in [2.75, 3.05) is 13.1 Å². The lowest BCUT2D eigenvalue weighted by molar-refractivity contribution is 0.285. The van der Waals surface area contributed by atoms with Crippen molar-refractivity contribution in [3.63, 3.8) is 0 Å². The SMILES string of the molecule is CC1(C)CCN(S(=O)(=O)c2csc(CO)c2)C1. The van der Waals surface area contributed by atoms with Crippen LogP contribution in [0.1, 0.15) is 25.1 Å². The molecule has 0 saturated carbocycles. The summed E-state index contributed by atoms with van der Waals surface area (Å²) in [4.78, 5) is 0.992. The van der Waals surface area contributed by atoms with Crippen LogP contribution in [0.2, 0.25) is 0 Å². The zero-order chi connectivity index (χ0) is 12.7. The maximum Gasteiger partial charge on any atom is 0.243 e. The molecule has 1 fully saturated rings. The Morgan fingerprint density at radius 3 is 2.71 bits per heavy atom. The van der Waals surface area contributed by atoms with Gasteiger partial charge in [-0.3, -0.25) is 0 Å². The van der Waals surface area contributed by atoms with E-state index in [9.17, 15) is 8.42 Å². The molecule has 1 aromatic heterocycles. The van der Waals surface area contributed by atoms with Crippen LogP contribution in [0.25, 0.3) is 0 Å². The standard InChI is InChI=1S/C11H17NO3S2/c1-11(2)3-4-12(8-11)17(14,15)10-5-9(6-13)16-7-10/h5,7,13H,3-4,6,8H2,1-2H3. The van der Waals surface area contributed by atoms with Gasteiger partial charge in [0.1, 0.15) is 0 Å². The highest BCUT2D eigenvalue weighted by molar-refractivity contribution is 7.89. The minimum Gasteiger partial charge on any atom is -0.391 e. The number of nitrogens with zero attached hydrogens (tertiary/aromatic N) is 1. The first kappa shape index (κ1) is 13.0. The van der Waals surface area contributed by atoms with Gasteiger partial charge in [-0.1, -0.05) is 13.8 Å². The maximum absolute atomic E-state index is 12.3. The highest BCUT2D eigenvalue weighted by Gasteiger charge is 2.37. The number of thiophene rings is 1. The molecule has 0 aliphatic carbocycles. The van der Waals surface area contributed by atoms with E-state index in [1.807, 2.05) is 0 Å². The van der Waals surface area contributed by atoms with Crippen molar-refractivity contribution in [1.29, 1.82) is 0 Å². The highest BCUT2D eigenvalue weighted by Crippen LogP contribution is 2.33. The highest BCUT2D eigenvalue weighted by atomic mass is 32.2. The normalized spacial score (nSPS) is 20.9. The van der Waals surface area contributed by atoms with Crippen LogP contribution in [-0.2, 0) is 16.6 Å². The van der Waals surface area contributed by atoms with Crippen LogP contribution in [0.15, 0.2) is 16.3 Å². The van der Waals surface area contributed by atoms with Crippen molar-refractivity contribution in [1.82, 2.24) is 4.31 Å². The fourth-order valence-electron chi connectivity index (χ4n) is 2.00. The first-order chi connectivity index (χ1) is 7.85. The van der Waals surface area contributed by atoms with E-state index in [0.717, 1.165) is 6.42 Å². The van der Waals surface area contributed by atoms with Gasteiger partial charge in [-0.15, -0.1) is 11.3 Å². The third kappa shape index (κ3) is 2.54. The second kappa shape index (κ2) is 4.35. The number of aliphatic hydroxyl groups is 1. The molecule has 1 saturated heterocycles. The first-order valence-corrected chi connectivity index (χ1v) is 7.85. The molecule has 1 N–H and O–H groups in total. The van der Waals surface area contributed by atoms with Crippen LogP contribution >= 0.6 is 11.3 Å². The Bertz CT molecular complexity index is 505. The molecule has 96 valence electrons. The zero-order valence-electron chi connectivity index (χ0n) is 10.0. The maximum atomic E-state index is 12.3. The molecule has 1 aliphatic heterocycles. The van der Waals surface area contributed by atoms with Gasteiger partial charge in [0.25, 0.3) is 0 Å². The van der Waals surface area contributed by atoms with Crippen molar-refractivity contribution in [2.45, 2.75) is 31.8 Å². The van der Waals surface area contributed by atoms with E-state index in [-0.39, 0.29) is 12.0 Å². The lowest BCUT2D eigenvalue weighted by atomic mass is 9.93. The van der Waals surface area contributed by atoms with Crippen molar-refractivity contribution < 1.29 is 13.5 Å². The second-order valence-corrected chi connectivity index (χ2v) is 8.09. The van der Waals surface area contributed by atoms with Gasteiger partial charge in [0.2, 0.25) is 10.0 Å². The Morgan fingerprint density at radius 2 is 2.24 bits per heavy atom. The van der Waals surface area contributed by atoms with Crippen LogP contribution in [0.5, 0.6) is 0 Å². The lowest BCUT2D eigenvalue weighted by Gasteiger charge is -2.19. The van der Waals surface area contributed by atoms with E-state index in [0.29, 0.717) is 22.9 Å². The molecule has 0 radical (unpaired) electrons. The van der Waals surface area contributed by atoms with E-state index < -0.39 is 10.0 Å². The second-order valence-electron chi connectivity index (χ2n) is 5.16. The molecule has 0 atom stereocenters. The van der Waals surface area contributed by atoms with Gasteiger partial charge in [0.05, 0.1) is 11.5 Å². The largest absolute Gasteiger partial charge is 0.391 e. The Morgan fingerprint density at radius 1 is 1.53 bits per heavy atom. The monoisotopic (exact) mass is 275 g/mol. The molecule has 2 heterocycles. The average molecular weight is 275 g/mol. The summed E-state index contributed by atoms with van der Waals surface area (Å²) < 4.78 is 26.1. The molecule has 0 aromatic carbocycles. The molecule has 2 rings (SSSR count). The first-order valence-electron chi connectivity index (χ1n) is 5.54. The molecule has 0 spiro atoms. The number of hydrogen-bond acceptors (Lipinski definition) is 4. The van der Waals surface area contributed by atoms with Gasteiger partial charge in [0.15, 0.2) is 0 Å². The fraction of sp³-hybridized carbons (Fsp3) is 0.636. The van der Waals surface area contributed by atoms with Crippen LogP contribution in [-0.4, -0.2) is 30.9 Å². The van der Waals surface area contributed by atoms with E-state index in [4.69, 9.17) is 5.11 Å². The summed E-state index contributed by atoms with van der Waals surface area (Å²) in [5.74, 6) is 0. The van der Waals surface area contributed by atoms with Crippen LogP contribution in [0.3, 0.4) is 0 Å². The quantitative estimate of drug-likeness (QED) is 0.912. The van der Waals surface area contributed by atoms with Crippen LogP contribution in [0.4, 0.5) is 0 Å². The Labute approximate surface area is 106 Å². The molecule has 17 heavy (non-hydrogen) atoms. The zero-order valence-corrected chi connectivity index (χ0v) is 11.6. The average Bonchev–Trinajstić information content (AvgIpc) is 2.84. The molecular weight excluding hydrogens is 258 g/mol. The summed E-state index contributed by atoms with van der Waals surface area (Å²) in [7, 11) is -3.37. The molecule has 0 bridgehead atoms. The van der Waals surface area contributed by atoms with E-state index in [1.165, 1.54) is 15.6 Å². The van der Waals surface area contributed by atoms with Gasteiger partial charge in [0, 0.05) is 23.3 Å². The summed E-state index contributed by atoms with van der Waals surface area (Å²) in [6.07, 6.45) is 0.892. The Hall–Kier alpha value is -0.430. The third-order valence-electron chi connectivity index (χ3n) is 3.07. The summed E-state index contributed by atoms with van der Waals surface area (Å²) >= 11 is 1.28. The summed E-state index contributed by atoms with van der Waals surface area (Å²) in [5, 5.41) is 10.6. The van der Waals surface area contributed by atoms with Gasteiger partial charge < -0.3 is 5.11 Å². The predicted octanol–water partition coefficient (Wildman–Crippen LogP) is 1.66. The smallest absolute Gasteiger partial charge is 0.243 e. The Balaban J connectivity index is 2.25. The van der Waals surface area contributed by atoms with E-state index in [2.05, 4.69) is 13.8 Å². The van der Waals surface area contributed by atoms with Gasteiger partial charge in [-0.05, 0) is 17.9 Å². The molecule has 4 nitrogen and oxygen atoms in total. The summed E-state index contributed by atoms with van der Waals surface area (Å²) in [5.41, 5.74) is 0.0584. The van der Waals surface area contributed by atoms with Crippen molar-refractivity contribution >= 4 is 21.4 Å². The Kier molecular flexibility index (Phi) is 3.33. The molecular formula is C11H17NO3S2. The summed E-state index contributed by atoms with van der Waals surface area (Å²) in [6.45, 7) is 5.20. The topological polar surface area (TPSA) is 57.6 Å². The minimum atomic E-state index is -3.37. The minimum absolute atomic E-state index is 0.0584. The van der Waals surface area contributed by atoms with E-state index >= 15 is 0 Å². The van der Waals surface area contributed by atoms with Crippen LogP contribution < -0.4 is 0 Å². The van der Waals surface area contributed by atoms with E-state index in [1.54, 1.807) is 11.4 Å². The van der Waals surface area contributed by atoms with Gasteiger partial charge in [-0.25, -0.2) is 8.42 Å². The summed E-state index contributed by atoms with van der Waals surface area (Å²) in [6, 6.07) is 1.56. The van der Waals surface area contributed by atoms with Gasteiger partial charge >= 0.3 is 0 Å². The lowest BCUT2D eigenvalue weighted by Crippen LogP contribution is -2.30. The van der Waals surface area contributed by atoms with Crippen molar-refractivity contribution in [2.24, 2.45) is 5.41 Å². The number of aliphatic hydroxyl groups excluding tert-OH is 1.